The van der Waals surface area contributed by atoms with Gasteiger partial charge in [-0.15, -0.1) is 0 Å². The second-order valence-electron chi connectivity index (χ2n) is 5.62. The number of rotatable bonds is 6. The molecule has 0 aliphatic rings. The van der Waals surface area contributed by atoms with Crippen LogP contribution in [0.1, 0.15) is 45.1 Å². The number of fused-ring (bicyclic) bond motifs is 1. The first-order valence-corrected chi connectivity index (χ1v) is 7.47. The summed E-state index contributed by atoms with van der Waals surface area (Å²) in [6.45, 7) is 7.68. The van der Waals surface area contributed by atoms with E-state index in [1.807, 2.05) is 10.8 Å². The lowest BCUT2D eigenvalue weighted by atomic mass is 10.0. The number of carbonyl (C=O) groups is 1. The Morgan fingerprint density at radius 2 is 2.10 bits per heavy atom. The molecule has 3 nitrogen and oxygen atoms in total. The summed E-state index contributed by atoms with van der Waals surface area (Å²) in [6, 6.07) is 8.56. The van der Waals surface area contributed by atoms with E-state index in [2.05, 4.69) is 50.4 Å². The van der Waals surface area contributed by atoms with Gasteiger partial charge in [-0.1, -0.05) is 33.3 Å². The van der Waals surface area contributed by atoms with Crippen LogP contribution in [0.2, 0.25) is 0 Å². The summed E-state index contributed by atoms with van der Waals surface area (Å²) < 4.78 is 2.01. The SMILES string of the molecule is CCCCNC(=O)Cn1ccc2cc(C(C)C)ccc21. The molecule has 0 atom stereocenters. The highest BCUT2D eigenvalue weighted by Gasteiger charge is 2.07. The number of hydrogen-bond acceptors (Lipinski definition) is 1. The molecule has 0 saturated heterocycles. The maximum atomic E-state index is 11.9. The van der Waals surface area contributed by atoms with Crippen molar-refractivity contribution in [3.63, 3.8) is 0 Å². The Balaban J connectivity index is 2.09. The Morgan fingerprint density at radius 1 is 1.30 bits per heavy atom. The van der Waals surface area contributed by atoms with Crippen LogP contribution in [0.15, 0.2) is 30.5 Å². The van der Waals surface area contributed by atoms with Crippen molar-refractivity contribution in [2.45, 2.75) is 46.1 Å². The van der Waals surface area contributed by atoms with Crippen molar-refractivity contribution < 1.29 is 4.79 Å². The van der Waals surface area contributed by atoms with E-state index in [0.717, 1.165) is 24.9 Å². The molecular formula is C17H24N2O. The second-order valence-corrected chi connectivity index (χ2v) is 5.62. The molecule has 1 heterocycles. The number of nitrogens with one attached hydrogen (secondary N) is 1. The average molecular weight is 272 g/mol. The van der Waals surface area contributed by atoms with Crippen LogP contribution >= 0.6 is 0 Å². The number of amides is 1. The minimum absolute atomic E-state index is 0.0869. The third-order valence-corrected chi connectivity index (χ3v) is 3.63. The standard InChI is InChI=1S/C17H24N2O/c1-4-5-9-18-17(20)12-19-10-8-15-11-14(13(2)3)6-7-16(15)19/h6-8,10-11,13H,4-5,9,12H2,1-3H3,(H,18,20). The van der Waals surface area contributed by atoms with E-state index in [4.69, 9.17) is 0 Å². The van der Waals surface area contributed by atoms with Gasteiger partial charge in [-0.3, -0.25) is 4.79 Å². The zero-order valence-corrected chi connectivity index (χ0v) is 12.6. The maximum absolute atomic E-state index is 11.9. The topological polar surface area (TPSA) is 34.0 Å². The van der Waals surface area contributed by atoms with Crippen molar-refractivity contribution in [1.82, 2.24) is 9.88 Å². The molecular weight excluding hydrogens is 248 g/mol. The van der Waals surface area contributed by atoms with Crippen molar-refractivity contribution in [3.05, 3.63) is 36.0 Å². The molecule has 1 aromatic heterocycles. The molecule has 1 aromatic carbocycles. The van der Waals surface area contributed by atoms with Crippen LogP contribution in [0.3, 0.4) is 0 Å². The molecule has 0 saturated carbocycles. The van der Waals surface area contributed by atoms with E-state index in [9.17, 15) is 4.79 Å². The van der Waals surface area contributed by atoms with Crippen molar-refractivity contribution in [3.8, 4) is 0 Å². The average Bonchev–Trinajstić information content (AvgIpc) is 2.81. The number of benzene rings is 1. The van der Waals surface area contributed by atoms with Gasteiger partial charge in [-0.05, 0) is 41.5 Å². The van der Waals surface area contributed by atoms with E-state index >= 15 is 0 Å². The third kappa shape index (κ3) is 3.41. The quantitative estimate of drug-likeness (QED) is 0.800. The molecule has 20 heavy (non-hydrogen) atoms. The molecule has 0 aliphatic carbocycles. The molecule has 0 bridgehead atoms. The van der Waals surface area contributed by atoms with Gasteiger partial charge in [-0.25, -0.2) is 0 Å². The van der Waals surface area contributed by atoms with Crippen LogP contribution < -0.4 is 5.32 Å². The lowest BCUT2D eigenvalue weighted by Gasteiger charge is -2.08. The van der Waals surface area contributed by atoms with Gasteiger partial charge in [0.15, 0.2) is 0 Å². The van der Waals surface area contributed by atoms with Crippen molar-refractivity contribution >= 4 is 16.8 Å². The molecule has 108 valence electrons. The Bertz CT molecular complexity index is 584. The summed E-state index contributed by atoms with van der Waals surface area (Å²) in [5, 5.41) is 4.16. The largest absolute Gasteiger partial charge is 0.355 e. The summed E-state index contributed by atoms with van der Waals surface area (Å²) in [6.07, 6.45) is 4.13. The van der Waals surface area contributed by atoms with Gasteiger partial charge >= 0.3 is 0 Å². The molecule has 0 spiro atoms. The van der Waals surface area contributed by atoms with Crippen LogP contribution in [0.25, 0.3) is 10.9 Å². The number of carbonyl (C=O) groups excluding carboxylic acids is 1. The predicted octanol–water partition coefficient (Wildman–Crippen LogP) is 3.68. The minimum Gasteiger partial charge on any atom is -0.355 e. The Labute approximate surface area is 121 Å². The van der Waals surface area contributed by atoms with Gasteiger partial charge in [0.25, 0.3) is 0 Å². The summed E-state index contributed by atoms with van der Waals surface area (Å²) in [7, 11) is 0. The molecule has 1 amide bonds. The van der Waals surface area contributed by atoms with Crippen LogP contribution in [0, 0.1) is 0 Å². The van der Waals surface area contributed by atoms with Crippen LogP contribution in [-0.4, -0.2) is 17.0 Å². The highest BCUT2D eigenvalue weighted by Crippen LogP contribution is 2.22. The van der Waals surface area contributed by atoms with Gasteiger partial charge in [0.05, 0.1) is 0 Å². The van der Waals surface area contributed by atoms with Crippen molar-refractivity contribution in [2.24, 2.45) is 0 Å². The Morgan fingerprint density at radius 3 is 2.80 bits per heavy atom. The van der Waals surface area contributed by atoms with Crippen LogP contribution in [-0.2, 0) is 11.3 Å². The van der Waals surface area contributed by atoms with Crippen molar-refractivity contribution in [2.75, 3.05) is 6.54 Å². The van der Waals surface area contributed by atoms with Gasteiger partial charge in [-0.2, -0.15) is 0 Å². The van der Waals surface area contributed by atoms with Crippen LogP contribution in [0.4, 0.5) is 0 Å². The fourth-order valence-corrected chi connectivity index (χ4v) is 2.33. The zero-order chi connectivity index (χ0) is 14.5. The Kier molecular flexibility index (Phi) is 4.83. The second kappa shape index (κ2) is 6.60. The molecule has 2 rings (SSSR count). The minimum atomic E-state index is 0.0869. The zero-order valence-electron chi connectivity index (χ0n) is 12.6. The lowest BCUT2D eigenvalue weighted by molar-refractivity contribution is -0.121. The molecule has 0 aliphatic heterocycles. The molecule has 1 N–H and O–H groups in total. The number of hydrogen-bond donors (Lipinski definition) is 1. The third-order valence-electron chi connectivity index (χ3n) is 3.63. The first kappa shape index (κ1) is 14.6. The van der Waals surface area contributed by atoms with E-state index in [1.165, 1.54) is 10.9 Å². The Hall–Kier alpha value is -1.77. The molecule has 3 heteroatoms. The summed E-state index contributed by atoms with van der Waals surface area (Å²) in [5.41, 5.74) is 2.46. The molecule has 2 aromatic rings. The molecule has 0 radical (unpaired) electrons. The van der Waals surface area contributed by atoms with E-state index in [0.29, 0.717) is 12.5 Å². The fraction of sp³-hybridized carbons (Fsp3) is 0.471. The van der Waals surface area contributed by atoms with E-state index in [1.54, 1.807) is 0 Å². The highest BCUT2D eigenvalue weighted by atomic mass is 16.1. The fourth-order valence-electron chi connectivity index (χ4n) is 2.33. The van der Waals surface area contributed by atoms with Gasteiger partial charge in [0.1, 0.15) is 6.54 Å². The first-order chi connectivity index (χ1) is 9.61. The summed E-state index contributed by atoms with van der Waals surface area (Å²) >= 11 is 0. The number of aromatic nitrogens is 1. The monoisotopic (exact) mass is 272 g/mol. The number of nitrogens with zero attached hydrogens (tertiary/aromatic N) is 1. The molecule has 0 fully saturated rings. The maximum Gasteiger partial charge on any atom is 0.239 e. The predicted molar refractivity (Wildman–Crippen MR) is 83.9 cm³/mol. The first-order valence-electron chi connectivity index (χ1n) is 7.47. The number of unbranched alkanes of at least 4 members (excludes halogenated alkanes) is 1. The van der Waals surface area contributed by atoms with Crippen molar-refractivity contribution in [1.29, 1.82) is 0 Å². The normalized spacial score (nSPS) is 11.2. The van der Waals surface area contributed by atoms with E-state index in [-0.39, 0.29) is 5.91 Å². The van der Waals surface area contributed by atoms with E-state index < -0.39 is 0 Å². The van der Waals surface area contributed by atoms with Gasteiger partial charge < -0.3 is 9.88 Å². The summed E-state index contributed by atoms with van der Waals surface area (Å²) in [4.78, 5) is 11.9. The molecule has 0 unspecified atom stereocenters. The highest BCUT2D eigenvalue weighted by molar-refractivity contribution is 5.84. The van der Waals surface area contributed by atoms with Gasteiger partial charge in [0, 0.05) is 18.3 Å². The van der Waals surface area contributed by atoms with Crippen LogP contribution in [0.5, 0.6) is 0 Å². The smallest absolute Gasteiger partial charge is 0.239 e. The lowest BCUT2D eigenvalue weighted by Crippen LogP contribution is -2.28. The van der Waals surface area contributed by atoms with Gasteiger partial charge in [0.2, 0.25) is 5.91 Å². The summed E-state index contributed by atoms with van der Waals surface area (Å²) in [5.74, 6) is 0.615.